The number of hydrogen-bond donors (Lipinski definition) is 2. The van der Waals surface area contributed by atoms with Crippen molar-refractivity contribution in [2.45, 2.75) is 18.6 Å². The number of anilines is 1. The third-order valence-electron chi connectivity index (χ3n) is 1.77. The van der Waals surface area contributed by atoms with E-state index in [1.54, 1.807) is 0 Å². The average Bonchev–Trinajstić information content (AvgIpc) is 2.17. The number of carbonyl (C=O) groups excluding carboxylic acids is 1. The number of nitrogens with one attached hydrogen (secondary N) is 1. The lowest BCUT2D eigenvalue weighted by molar-refractivity contribution is -0.184. The minimum atomic E-state index is -4.86. The SMILES string of the molecule is CC(N)(C(=O)Nc1nccnn1)C(F)(F)F. The summed E-state index contributed by atoms with van der Waals surface area (Å²) in [5.74, 6) is -1.79. The van der Waals surface area contributed by atoms with E-state index < -0.39 is 17.6 Å². The Balaban J connectivity index is 2.81. The first kappa shape index (κ1) is 12.3. The molecule has 6 nitrogen and oxygen atoms in total. The summed E-state index contributed by atoms with van der Waals surface area (Å²) < 4.78 is 37.0. The number of nitrogens with two attached hydrogens (primary N) is 1. The third-order valence-corrected chi connectivity index (χ3v) is 1.77. The molecule has 1 atom stereocenters. The Morgan fingerprint density at radius 1 is 1.44 bits per heavy atom. The topological polar surface area (TPSA) is 93.8 Å². The highest BCUT2D eigenvalue weighted by molar-refractivity contribution is 5.97. The highest BCUT2D eigenvalue weighted by atomic mass is 19.4. The van der Waals surface area contributed by atoms with Crippen molar-refractivity contribution in [3.05, 3.63) is 12.4 Å². The molecule has 0 spiro atoms. The van der Waals surface area contributed by atoms with Crippen LogP contribution in [0.5, 0.6) is 0 Å². The van der Waals surface area contributed by atoms with Crippen LogP contribution in [-0.2, 0) is 4.79 Å². The summed E-state index contributed by atoms with van der Waals surface area (Å²) in [6, 6.07) is 0. The van der Waals surface area contributed by atoms with Gasteiger partial charge in [0.1, 0.15) is 0 Å². The predicted octanol–water partition coefficient (Wildman–Crippen LogP) is 0.0898. The molecule has 1 aromatic rings. The lowest BCUT2D eigenvalue weighted by Crippen LogP contribution is -2.59. The number of rotatable bonds is 2. The second kappa shape index (κ2) is 4.00. The van der Waals surface area contributed by atoms with Crippen LogP contribution in [0.1, 0.15) is 6.92 Å². The maximum Gasteiger partial charge on any atom is 0.415 e. The summed E-state index contributed by atoms with van der Waals surface area (Å²) in [5, 5.41) is 8.45. The van der Waals surface area contributed by atoms with Crippen molar-refractivity contribution in [1.29, 1.82) is 0 Å². The molecule has 0 fully saturated rings. The van der Waals surface area contributed by atoms with Gasteiger partial charge in [-0.25, -0.2) is 4.98 Å². The van der Waals surface area contributed by atoms with E-state index in [2.05, 4.69) is 15.2 Å². The van der Waals surface area contributed by atoms with E-state index in [0.29, 0.717) is 6.92 Å². The number of alkyl halides is 3. The van der Waals surface area contributed by atoms with Gasteiger partial charge in [-0.2, -0.15) is 18.3 Å². The normalized spacial score (nSPS) is 15.3. The Morgan fingerprint density at radius 3 is 2.50 bits per heavy atom. The summed E-state index contributed by atoms with van der Waals surface area (Å²) in [5.41, 5.74) is 1.86. The van der Waals surface area contributed by atoms with Crippen LogP contribution in [-0.4, -0.2) is 32.8 Å². The number of amides is 1. The number of aromatic nitrogens is 3. The molecule has 0 aliphatic heterocycles. The maximum absolute atomic E-state index is 12.3. The lowest BCUT2D eigenvalue weighted by atomic mass is 10.0. The molecule has 1 unspecified atom stereocenters. The fourth-order valence-electron chi connectivity index (χ4n) is 0.665. The van der Waals surface area contributed by atoms with Crippen LogP contribution >= 0.6 is 0 Å². The molecule has 0 saturated heterocycles. The van der Waals surface area contributed by atoms with Crippen molar-refractivity contribution in [2.75, 3.05) is 5.32 Å². The predicted molar refractivity (Wildman–Crippen MR) is 47.1 cm³/mol. The van der Waals surface area contributed by atoms with Gasteiger partial charge >= 0.3 is 6.18 Å². The van der Waals surface area contributed by atoms with Gasteiger partial charge < -0.3 is 5.73 Å². The van der Waals surface area contributed by atoms with Gasteiger partial charge in [0.05, 0.1) is 12.4 Å². The van der Waals surface area contributed by atoms with Crippen LogP contribution < -0.4 is 11.1 Å². The Morgan fingerprint density at radius 2 is 2.06 bits per heavy atom. The van der Waals surface area contributed by atoms with E-state index >= 15 is 0 Å². The van der Waals surface area contributed by atoms with E-state index in [1.807, 2.05) is 5.32 Å². The largest absolute Gasteiger partial charge is 0.415 e. The van der Waals surface area contributed by atoms with Gasteiger partial charge in [-0.1, -0.05) is 0 Å². The Kier molecular flexibility index (Phi) is 3.08. The maximum atomic E-state index is 12.3. The number of hydrogen-bond acceptors (Lipinski definition) is 5. The molecule has 0 bridgehead atoms. The van der Waals surface area contributed by atoms with Crippen molar-refractivity contribution in [2.24, 2.45) is 5.73 Å². The van der Waals surface area contributed by atoms with Gasteiger partial charge in [-0.05, 0) is 6.92 Å². The van der Waals surface area contributed by atoms with Crippen molar-refractivity contribution < 1.29 is 18.0 Å². The Labute approximate surface area is 88.1 Å². The van der Waals surface area contributed by atoms with Crippen molar-refractivity contribution in [3.8, 4) is 0 Å². The molecule has 1 amide bonds. The summed E-state index contributed by atoms with van der Waals surface area (Å²) in [4.78, 5) is 14.7. The van der Waals surface area contributed by atoms with Crippen molar-refractivity contribution in [3.63, 3.8) is 0 Å². The molecule has 0 radical (unpaired) electrons. The first-order valence-corrected chi connectivity index (χ1v) is 4.06. The smallest absolute Gasteiger partial charge is 0.310 e. The number of carbonyl (C=O) groups is 1. The second-order valence-electron chi connectivity index (χ2n) is 3.12. The quantitative estimate of drug-likeness (QED) is 0.757. The molecule has 0 aromatic carbocycles. The van der Waals surface area contributed by atoms with Gasteiger partial charge in [0, 0.05) is 0 Å². The van der Waals surface area contributed by atoms with Crippen LogP contribution in [0.3, 0.4) is 0 Å². The van der Waals surface area contributed by atoms with E-state index in [9.17, 15) is 18.0 Å². The highest BCUT2D eigenvalue weighted by Crippen LogP contribution is 2.28. The van der Waals surface area contributed by atoms with E-state index in [0.717, 1.165) is 0 Å². The third kappa shape index (κ3) is 2.42. The molecule has 0 aliphatic carbocycles. The van der Waals surface area contributed by atoms with Crippen LogP contribution in [0.2, 0.25) is 0 Å². The summed E-state index contributed by atoms with van der Waals surface area (Å²) in [6.07, 6.45) is -2.48. The summed E-state index contributed by atoms with van der Waals surface area (Å²) in [6.45, 7) is 0.554. The average molecular weight is 235 g/mol. The van der Waals surface area contributed by atoms with E-state index in [1.165, 1.54) is 12.4 Å². The van der Waals surface area contributed by atoms with Gasteiger partial charge in [-0.15, -0.1) is 5.10 Å². The number of halogens is 3. The Bertz CT molecular complexity index is 377. The molecule has 9 heteroatoms. The fourth-order valence-corrected chi connectivity index (χ4v) is 0.665. The molecular formula is C7H8F3N5O. The van der Waals surface area contributed by atoms with Crippen LogP contribution in [0.25, 0.3) is 0 Å². The lowest BCUT2D eigenvalue weighted by Gasteiger charge is -2.25. The fraction of sp³-hybridized carbons (Fsp3) is 0.429. The van der Waals surface area contributed by atoms with E-state index in [-0.39, 0.29) is 5.95 Å². The minimum absolute atomic E-state index is 0.339. The standard InChI is InChI=1S/C7H8F3N5O/c1-6(11,7(8,9)10)4(16)14-5-12-2-3-13-15-5/h2-3H,11H2,1H3,(H,12,14,15,16). The molecule has 0 aliphatic rings. The van der Waals surface area contributed by atoms with Crippen molar-refractivity contribution >= 4 is 11.9 Å². The molecule has 1 rings (SSSR count). The molecule has 88 valence electrons. The minimum Gasteiger partial charge on any atom is -0.310 e. The number of nitrogens with zero attached hydrogens (tertiary/aromatic N) is 3. The van der Waals surface area contributed by atoms with Gasteiger partial charge in [0.15, 0.2) is 5.54 Å². The summed E-state index contributed by atoms with van der Waals surface area (Å²) >= 11 is 0. The highest BCUT2D eigenvalue weighted by Gasteiger charge is 2.54. The molecular weight excluding hydrogens is 227 g/mol. The molecule has 16 heavy (non-hydrogen) atoms. The molecule has 0 saturated carbocycles. The zero-order valence-corrected chi connectivity index (χ0v) is 8.12. The van der Waals surface area contributed by atoms with Gasteiger partial charge in [0.25, 0.3) is 5.91 Å². The van der Waals surface area contributed by atoms with Crippen LogP contribution in [0, 0.1) is 0 Å². The summed E-state index contributed by atoms with van der Waals surface area (Å²) in [7, 11) is 0. The zero-order valence-electron chi connectivity index (χ0n) is 8.12. The van der Waals surface area contributed by atoms with Crippen molar-refractivity contribution in [1.82, 2.24) is 15.2 Å². The monoisotopic (exact) mass is 235 g/mol. The second-order valence-corrected chi connectivity index (χ2v) is 3.12. The molecule has 1 heterocycles. The first-order valence-electron chi connectivity index (χ1n) is 4.06. The van der Waals surface area contributed by atoms with Gasteiger partial charge in [0.2, 0.25) is 5.95 Å². The first-order chi connectivity index (χ1) is 7.25. The van der Waals surface area contributed by atoms with Gasteiger partial charge in [-0.3, -0.25) is 10.1 Å². The van der Waals surface area contributed by atoms with E-state index in [4.69, 9.17) is 5.73 Å². The molecule has 1 aromatic heterocycles. The Hall–Kier alpha value is -1.77. The zero-order chi connectivity index (χ0) is 12.4. The molecule has 3 N–H and O–H groups in total. The van der Waals surface area contributed by atoms with Crippen LogP contribution in [0.15, 0.2) is 12.4 Å². The van der Waals surface area contributed by atoms with Crippen LogP contribution in [0.4, 0.5) is 19.1 Å².